The summed E-state index contributed by atoms with van der Waals surface area (Å²) in [5.74, 6) is -1.28. The maximum atomic E-state index is 12.8. The molecule has 9 nitrogen and oxygen atoms in total. The van der Waals surface area contributed by atoms with E-state index in [2.05, 4.69) is 0 Å². The van der Waals surface area contributed by atoms with Crippen molar-refractivity contribution in [2.24, 2.45) is 0 Å². The average molecular weight is 385 g/mol. The second-order valence-electron chi connectivity index (χ2n) is 6.71. The van der Waals surface area contributed by atoms with Crippen LogP contribution in [-0.2, 0) is 21.0 Å². The van der Waals surface area contributed by atoms with Gasteiger partial charge in [-0.05, 0) is 30.5 Å². The quantitative estimate of drug-likeness (QED) is 0.772. The number of carbonyl (C=O) groups is 3. The van der Waals surface area contributed by atoms with Crippen LogP contribution in [-0.4, -0.2) is 44.6 Å². The summed E-state index contributed by atoms with van der Waals surface area (Å²) >= 11 is 0. The van der Waals surface area contributed by atoms with Crippen LogP contribution in [0.2, 0.25) is 0 Å². The minimum absolute atomic E-state index is 0.00926. The molecule has 3 heterocycles. The standard InChI is InChI=1S/C19H19N3O6/c23-15-14-8-4-10-21(14)16(24)19(9-5-11-22(15)19)17(25)28-20-18(26)27-12-13-6-2-1-3-7-13/h1-4,6-8,10,16,24H,5,9,11-12H2,(H,20,26)/t16-,19+/m1/s1. The van der Waals surface area contributed by atoms with Gasteiger partial charge in [0.25, 0.3) is 5.91 Å². The Morgan fingerprint density at radius 1 is 1.21 bits per heavy atom. The Balaban J connectivity index is 1.43. The SMILES string of the molecule is O=C(NOC(=O)[C@@]12CCCN1C(=O)c1cccn1[C@@H]2O)OCc1ccccc1. The number of benzene rings is 1. The molecule has 0 radical (unpaired) electrons. The zero-order chi connectivity index (χ0) is 19.7. The number of nitrogens with one attached hydrogen (secondary N) is 1. The first-order valence-corrected chi connectivity index (χ1v) is 8.89. The Labute approximate surface area is 160 Å². The van der Waals surface area contributed by atoms with Crippen molar-refractivity contribution >= 4 is 18.0 Å². The van der Waals surface area contributed by atoms with Crippen molar-refractivity contribution in [3.05, 3.63) is 59.9 Å². The maximum Gasteiger partial charge on any atom is 0.441 e. The predicted octanol–water partition coefficient (Wildman–Crippen LogP) is 1.35. The number of ether oxygens (including phenoxy) is 1. The molecule has 4 rings (SSSR count). The number of hydrogen-bond acceptors (Lipinski definition) is 6. The first-order valence-electron chi connectivity index (χ1n) is 8.89. The van der Waals surface area contributed by atoms with Crippen LogP contribution in [0.15, 0.2) is 48.7 Å². The van der Waals surface area contributed by atoms with E-state index in [1.54, 1.807) is 36.4 Å². The Morgan fingerprint density at radius 2 is 2.00 bits per heavy atom. The monoisotopic (exact) mass is 385 g/mol. The van der Waals surface area contributed by atoms with Gasteiger partial charge in [0, 0.05) is 12.7 Å². The van der Waals surface area contributed by atoms with Crippen LogP contribution in [0.4, 0.5) is 4.79 Å². The van der Waals surface area contributed by atoms with Crippen molar-refractivity contribution in [1.82, 2.24) is 14.9 Å². The number of aromatic nitrogens is 1. The van der Waals surface area contributed by atoms with Gasteiger partial charge in [0.1, 0.15) is 12.3 Å². The molecule has 2 N–H and O–H groups in total. The molecule has 2 atom stereocenters. The van der Waals surface area contributed by atoms with Crippen molar-refractivity contribution in [3.63, 3.8) is 0 Å². The molecule has 2 aliphatic rings. The normalized spacial score (nSPS) is 23.0. The Morgan fingerprint density at radius 3 is 2.79 bits per heavy atom. The van der Waals surface area contributed by atoms with E-state index in [1.807, 2.05) is 11.5 Å². The van der Waals surface area contributed by atoms with Gasteiger partial charge >= 0.3 is 12.1 Å². The summed E-state index contributed by atoms with van der Waals surface area (Å²) in [6.45, 7) is 0.323. The summed E-state index contributed by atoms with van der Waals surface area (Å²) < 4.78 is 6.34. The van der Waals surface area contributed by atoms with Gasteiger partial charge in [-0.3, -0.25) is 4.79 Å². The van der Waals surface area contributed by atoms with E-state index in [9.17, 15) is 19.5 Å². The van der Waals surface area contributed by atoms with Crippen LogP contribution in [0.25, 0.3) is 0 Å². The average Bonchev–Trinajstić information content (AvgIpc) is 3.38. The molecule has 2 aliphatic heterocycles. The molecule has 0 bridgehead atoms. The number of fused-ring (bicyclic) bond motifs is 2. The lowest BCUT2D eigenvalue weighted by molar-refractivity contribution is -0.175. The smallest absolute Gasteiger partial charge is 0.441 e. The maximum absolute atomic E-state index is 12.8. The van der Waals surface area contributed by atoms with E-state index in [0.29, 0.717) is 18.7 Å². The van der Waals surface area contributed by atoms with Crippen molar-refractivity contribution < 1.29 is 29.1 Å². The molecular weight excluding hydrogens is 366 g/mol. The molecule has 0 spiro atoms. The molecular formula is C19H19N3O6. The van der Waals surface area contributed by atoms with Gasteiger partial charge in [-0.25, -0.2) is 9.59 Å². The molecule has 9 heteroatoms. The van der Waals surface area contributed by atoms with Gasteiger partial charge in [0.05, 0.1) is 0 Å². The fourth-order valence-electron chi connectivity index (χ4n) is 3.80. The number of rotatable bonds is 3. The molecule has 1 aromatic heterocycles. The van der Waals surface area contributed by atoms with E-state index in [-0.39, 0.29) is 18.9 Å². The zero-order valence-corrected chi connectivity index (χ0v) is 14.9. The Hall–Kier alpha value is -3.33. The van der Waals surface area contributed by atoms with Crippen molar-refractivity contribution in [2.45, 2.75) is 31.2 Å². The lowest BCUT2D eigenvalue weighted by atomic mass is 9.91. The van der Waals surface area contributed by atoms with E-state index in [0.717, 1.165) is 5.56 Å². The summed E-state index contributed by atoms with van der Waals surface area (Å²) in [5, 5.41) is 10.8. The van der Waals surface area contributed by atoms with Gasteiger partial charge in [-0.1, -0.05) is 30.3 Å². The minimum Gasteiger partial charge on any atom is -0.443 e. The van der Waals surface area contributed by atoms with Gasteiger partial charge in [0.2, 0.25) is 0 Å². The molecule has 28 heavy (non-hydrogen) atoms. The fraction of sp³-hybridized carbons (Fsp3) is 0.316. The van der Waals surface area contributed by atoms with E-state index in [4.69, 9.17) is 9.57 Å². The second-order valence-corrected chi connectivity index (χ2v) is 6.71. The highest BCUT2D eigenvalue weighted by molar-refractivity contribution is 5.99. The molecule has 0 unspecified atom stereocenters. The molecule has 146 valence electrons. The summed E-state index contributed by atoms with van der Waals surface area (Å²) in [6.07, 6.45) is 0.0198. The zero-order valence-electron chi connectivity index (χ0n) is 14.9. The summed E-state index contributed by atoms with van der Waals surface area (Å²) in [4.78, 5) is 43.6. The fourth-order valence-corrected chi connectivity index (χ4v) is 3.80. The van der Waals surface area contributed by atoms with Gasteiger partial charge in [0.15, 0.2) is 11.8 Å². The number of amides is 2. The first-order chi connectivity index (χ1) is 13.5. The summed E-state index contributed by atoms with van der Waals surface area (Å²) in [7, 11) is 0. The highest BCUT2D eigenvalue weighted by Gasteiger charge is 2.60. The Bertz CT molecular complexity index is 911. The van der Waals surface area contributed by atoms with E-state index in [1.165, 1.54) is 15.7 Å². The predicted molar refractivity (Wildman–Crippen MR) is 94.5 cm³/mol. The van der Waals surface area contributed by atoms with Crippen LogP contribution >= 0.6 is 0 Å². The molecule has 2 amide bonds. The third-order valence-corrected chi connectivity index (χ3v) is 5.15. The molecule has 0 aliphatic carbocycles. The third-order valence-electron chi connectivity index (χ3n) is 5.15. The molecule has 1 aromatic carbocycles. The molecule has 2 aromatic rings. The van der Waals surface area contributed by atoms with Gasteiger partial charge in [-0.15, -0.1) is 5.48 Å². The molecule has 1 saturated heterocycles. The third kappa shape index (κ3) is 2.80. The Kier molecular flexibility index (Phi) is 4.52. The largest absolute Gasteiger partial charge is 0.443 e. The number of hydroxylamine groups is 1. The number of aliphatic hydroxyl groups excluding tert-OH is 1. The van der Waals surface area contributed by atoms with E-state index < -0.39 is 23.8 Å². The lowest BCUT2D eigenvalue weighted by Crippen LogP contribution is -2.63. The van der Waals surface area contributed by atoms with Crippen LogP contribution < -0.4 is 5.48 Å². The molecule has 0 saturated carbocycles. The summed E-state index contributed by atoms with van der Waals surface area (Å²) in [6, 6.07) is 12.2. The first kappa shape index (κ1) is 18.1. The van der Waals surface area contributed by atoms with E-state index >= 15 is 0 Å². The van der Waals surface area contributed by atoms with Crippen molar-refractivity contribution in [1.29, 1.82) is 0 Å². The number of hydrogen-bond donors (Lipinski definition) is 2. The topological polar surface area (TPSA) is 110 Å². The highest BCUT2D eigenvalue weighted by Crippen LogP contribution is 2.43. The molecule has 1 fully saturated rings. The van der Waals surface area contributed by atoms with Gasteiger partial charge in [-0.2, -0.15) is 0 Å². The van der Waals surface area contributed by atoms with Crippen molar-refractivity contribution in [2.75, 3.05) is 6.54 Å². The van der Waals surface area contributed by atoms with Crippen LogP contribution in [0.1, 0.15) is 35.1 Å². The summed E-state index contributed by atoms with van der Waals surface area (Å²) in [5.41, 5.74) is 1.43. The lowest BCUT2D eigenvalue weighted by Gasteiger charge is -2.43. The van der Waals surface area contributed by atoms with Gasteiger partial charge < -0.3 is 24.1 Å². The minimum atomic E-state index is -1.59. The number of aliphatic hydroxyl groups is 1. The highest BCUT2D eigenvalue weighted by atomic mass is 16.7. The number of nitrogens with zero attached hydrogens (tertiary/aromatic N) is 2. The second kappa shape index (κ2) is 7.01. The van der Waals surface area contributed by atoms with Crippen LogP contribution in [0.5, 0.6) is 0 Å². The van der Waals surface area contributed by atoms with Crippen LogP contribution in [0.3, 0.4) is 0 Å². The van der Waals surface area contributed by atoms with Crippen LogP contribution in [0, 0.1) is 0 Å². The van der Waals surface area contributed by atoms with Crippen molar-refractivity contribution in [3.8, 4) is 0 Å². The number of carbonyl (C=O) groups excluding carboxylic acids is 3.